The van der Waals surface area contributed by atoms with Crippen molar-refractivity contribution in [1.29, 1.82) is 0 Å². The molecule has 5 nitrogen and oxygen atoms in total. The minimum absolute atomic E-state index is 0.0283. The van der Waals surface area contributed by atoms with Crippen LogP contribution in [0.4, 0.5) is 18.9 Å². The second kappa shape index (κ2) is 9.42. The number of thioether (sulfide) groups is 1. The van der Waals surface area contributed by atoms with E-state index in [-0.39, 0.29) is 28.1 Å². The van der Waals surface area contributed by atoms with Crippen molar-refractivity contribution in [2.24, 2.45) is 0 Å². The van der Waals surface area contributed by atoms with Crippen molar-refractivity contribution < 1.29 is 27.5 Å². The number of amides is 1. The van der Waals surface area contributed by atoms with Gasteiger partial charge in [0.15, 0.2) is 6.10 Å². The van der Waals surface area contributed by atoms with Gasteiger partial charge in [-0.2, -0.15) is 13.2 Å². The number of para-hydroxylation sites is 1. The SMILES string of the molecule is CC(OC(=O)c1ccc(SC(F)(F)F)cc1)C(=O)N1CCN(c2ccccc2)CC1. The van der Waals surface area contributed by atoms with Crippen molar-refractivity contribution in [1.82, 2.24) is 4.90 Å². The molecule has 0 bridgehead atoms. The van der Waals surface area contributed by atoms with Crippen LogP contribution in [-0.2, 0) is 9.53 Å². The van der Waals surface area contributed by atoms with E-state index in [2.05, 4.69) is 4.90 Å². The first-order chi connectivity index (χ1) is 14.2. The molecule has 0 aliphatic carbocycles. The summed E-state index contributed by atoms with van der Waals surface area (Å²) in [6.45, 7) is 3.87. The lowest BCUT2D eigenvalue weighted by atomic mass is 10.2. The van der Waals surface area contributed by atoms with Gasteiger partial charge >= 0.3 is 11.5 Å². The molecule has 160 valence electrons. The van der Waals surface area contributed by atoms with E-state index in [1.807, 2.05) is 30.3 Å². The van der Waals surface area contributed by atoms with Crippen molar-refractivity contribution in [2.75, 3.05) is 31.1 Å². The van der Waals surface area contributed by atoms with E-state index >= 15 is 0 Å². The largest absolute Gasteiger partial charge is 0.449 e. The molecule has 0 radical (unpaired) electrons. The minimum Gasteiger partial charge on any atom is -0.449 e. The standard InChI is InChI=1S/C21H21F3N2O3S/c1-15(29-20(28)16-7-9-18(10-8-16)30-21(22,23)24)19(27)26-13-11-25(12-14-26)17-5-3-2-4-6-17/h2-10,15H,11-14H2,1H3. The summed E-state index contributed by atoms with van der Waals surface area (Å²) >= 11 is -0.260. The molecule has 0 spiro atoms. The monoisotopic (exact) mass is 438 g/mol. The number of hydrogen-bond acceptors (Lipinski definition) is 5. The molecule has 1 saturated heterocycles. The van der Waals surface area contributed by atoms with Crippen molar-refractivity contribution in [3.8, 4) is 0 Å². The number of hydrogen-bond donors (Lipinski definition) is 0. The van der Waals surface area contributed by atoms with Gasteiger partial charge < -0.3 is 14.5 Å². The summed E-state index contributed by atoms with van der Waals surface area (Å²) in [5.41, 5.74) is -3.21. The number of anilines is 1. The Bertz CT molecular complexity index is 867. The maximum atomic E-state index is 12.6. The molecular weight excluding hydrogens is 417 g/mol. The third kappa shape index (κ3) is 5.91. The topological polar surface area (TPSA) is 49.9 Å². The molecule has 1 aliphatic rings. The Morgan fingerprint density at radius 3 is 2.13 bits per heavy atom. The van der Waals surface area contributed by atoms with E-state index in [4.69, 9.17) is 4.74 Å². The molecule has 2 aromatic carbocycles. The zero-order valence-corrected chi connectivity index (χ0v) is 17.1. The van der Waals surface area contributed by atoms with Gasteiger partial charge in [0.05, 0.1) is 5.56 Å². The highest BCUT2D eigenvalue weighted by Crippen LogP contribution is 2.36. The number of alkyl halides is 3. The second-order valence-electron chi connectivity index (χ2n) is 6.77. The Hall–Kier alpha value is -2.68. The third-order valence-corrected chi connectivity index (χ3v) is 5.41. The number of esters is 1. The van der Waals surface area contributed by atoms with Crippen molar-refractivity contribution in [3.05, 3.63) is 60.2 Å². The van der Waals surface area contributed by atoms with Crippen LogP contribution in [0.3, 0.4) is 0 Å². The molecule has 1 atom stereocenters. The number of ether oxygens (including phenoxy) is 1. The van der Waals surface area contributed by atoms with E-state index in [0.717, 1.165) is 5.69 Å². The Kier molecular flexibility index (Phi) is 6.91. The normalized spacial score (nSPS) is 15.6. The van der Waals surface area contributed by atoms with Crippen molar-refractivity contribution >= 4 is 29.3 Å². The maximum Gasteiger partial charge on any atom is 0.446 e. The summed E-state index contributed by atoms with van der Waals surface area (Å²) in [5.74, 6) is -1.04. The summed E-state index contributed by atoms with van der Waals surface area (Å²) < 4.78 is 42.4. The molecule has 30 heavy (non-hydrogen) atoms. The number of rotatable bonds is 5. The average Bonchev–Trinajstić information content (AvgIpc) is 2.73. The van der Waals surface area contributed by atoms with Gasteiger partial charge in [0.2, 0.25) is 0 Å². The molecule has 0 N–H and O–H groups in total. The van der Waals surface area contributed by atoms with Gasteiger partial charge in [-0.05, 0) is 55.1 Å². The average molecular weight is 438 g/mol. The summed E-state index contributed by atoms with van der Waals surface area (Å²) in [6, 6.07) is 14.8. The van der Waals surface area contributed by atoms with E-state index in [0.29, 0.717) is 26.2 Å². The smallest absolute Gasteiger partial charge is 0.446 e. The highest BCUT2D eigenvalue weighted by molar-refractivity contribution is 8.00. The Morgan fingerprint density at radius 2 is 1.57 bits per heavy atom. The van der Waals surface area contributed by atoms with E-state index in [1.54, 1.807) is 4.90 Å². The summed E-state index contributed by atoms with van der Waals surface area (Å²) in [7, 11) is 0. The molecule has 0 saturated carbocycles. The van der Waals surface area contributed by atoms with Crippen molar-refractivity contribution in [3.63, 3.8) is 0 Å². The van der Waals surface area contributed by atoms with Crippen LogP contribution in [0.1, 0.15) is 17.3 Å². The van der Waals surface area contributed by atoms with Crippen LogP contribution < -0.4 is 4.90 Å². The fourth-order valence-corrected chi connectivity index (χ4v) is 3.69. The number of piperazine rings is 1. The van der Waals surface area contributed by atoms with Crippen LogP contribution in [-0.4, -0.2) is 54.6 Å². The number of nitrogens with zero attached hydrogens (tertiary/aromatic N) is 2. The first kappa shape index (κ1) is 22.0. The first-order valence-corrected chi connectivity index (χ1v) is 10.2. The predicted molar refractivity (Wildman–Crippen MR) is 108 cm³/mol. The second-order valence-corrected chi connectivity index (χ2v) is 7.91. The lowest BCUT2D eigenvalue weighted by Gasteiger charge is -2.37. The van der Waals surface area contributed by atoms with Crippen LogP contribution in [0.2, 0.25) is 0 Å². The fourth-order valence-electron chi connectivity index (χ4n) is 3.15. The number of benzene rings is 2. The number of carbonyl (C=O) groups excluding carboxylic acids is 2. The van der Waals surface area contributed by atoms with Gasteiger partial charge in [0, 0.05) is 36.8 Å². The Morgan fingerprint density at radius 1 is 0.967 bits per heavy atom. The number of carbonyl (C=O) groups is 2. The van der Waals surface area contributed by atoms with Gasteiger partial charge in [0.25, 0.3) is 5.91 Å². The lowest BCUT2D eigenvalue weighted by molar-refractivity contribution is -0.140. The molecule has 1 heterocycles. The van der Waals surface area contributed by atoms with Gasteiger partial charge in [0.1, 0.15) is 0 Å². The molecule has 0 aromatic heterocycles. The van der Waals surface area contributed by atoms with Crippen LogP contribution in [0.15, 0.2) is 59.5 Å². The van der Waals surface area contributed by atoms with E-state index in [1.165, 1.54) is 31.2 Å². The van der Waals surface area contributed by atoms with Crippen LogP contribution in [0.5, 0.6) is 0 Å². The minimum atomic E-state index is -4.40. The maximum absolute atomic E-state index is 12.6. The molecule has 1 aliphatic heterocycles. The van der Waals surface area contributed by atoms with Gasteiger partial charge in [-0.3, -0.25) is 4.79 Å². The van der Waals surface area contributed by atoms with Crippen LogP contribution >= 0.6 is 11.8 Å². The Balaban J connectivity index is 1.51. The van der Waals surface area contributed by atoms with E-state index in [9.17, 15) is 22.8 Å². The molecule has 2 aromatic rings. The van der Waals surface area contributed by atoms with Crippen LogP contribution in [0, 0.1) is 0 Å². The first-order valence-electron chi connectivity index (χ1n) is 9.38. The highest BCUT2D eigenvalue weighted by Gasteiger charge is 2.30. The zero-order valence-electron chi connectivity index (χ0n) is 16.3. The van der Waals surface area contributed by atoms with Gasteiger partial charge in [-0.1, -0.05) is 18.2 Å². The van der Waals surface area contributed by atoms with Gasteiger partial charge in [-0.15, -0.1) is 0 Å². The molecular formula is C21H21F3N2O3S. The van der Waals surface area contributed by atoms with Gasteiger partial charge in [-0.25, -0.2) is 4.79 Å². The fraction of sp³-hybridized carbons (Fsp3) is 0.333. The van der Waals surface area contributed by atoms with E-state index < -0.39 is 17.6 Å². The molecule has 1 amide bonds. The summed E-state index contributed by atoms with van der Waals surface area (Å²) in [5, 5.41) is 0. The Labute approximate surface area is 176 Å². The molecule has 3 rings (SSSR count). The van der Waals surface area contributed by atoms with Crippen molar-refractivity contribution in [2.45, 2.75) is 23.4 Å². The third-order valence-electron chi connectivity index (χ3n) is 4.67. The molecule has 9 heteroatoms. The number of halogens is 3. The lowest BCUT2D eigenvalue weighted by Crippen LogP contribution is -2.51. The zero-order chi connectivity index (χ0) is 21.7. The predicted octanol–water partition coefficient (Wildman–Crippen LogP) is 4.19. The molecule has 1 unspecified atom stereocenters. The molecule has 1 fully saturated rings. The highest BCUT2D eigenvalue weighted by atomic mass is 32.2. The summed E-state index contributed by atoms with van der Waals surface area (Å²) in [4.78, 5) is 28.7. The summed E-state index contributed by atoms with van der Waals surface area (Å²) in [6.07, 6.45) is -0.981. The quantitative estimate of drug-likeness (QED) is 0.518. The van der Waals surface area contributed by atoms with Crippen LogP contribution in [0.25, 0.3) is 0 Å².